The molecule has 0 aliphatic heterocycles. The first kappa shape index (κ1) is 36.0. The lowest BCUT2D eigenvalue weighted by molar-refractivity contribution is -0.141. The molecule has 264 valence electrons. The summed E-state index contributed by atoms with van der Waals surface area (Å²) in [7, 11) is 0.601. The zero-order valence-corrected chi connectivity index (χ0v) is 33.0. The topological polar surface area (TPSA) is 26.3 Å². The summed E-state index contributed by atoms with van der Waals surface area (Å²) in [6, 6.07) is 69.5. The Bertz CT molecular complexity index is 2430. The van der Waals surface area contributed by atoms with Gasteiger partial charge in [-0.15, -0.1) is 0 Å². The standard InChI is InChI=1S/C49H41O2P3/c50-47(51-35-52)27-15-16-36-28-31-44-38(34-36)30-33-46(54(41-22-9-3-10-23-41)42-24-11-4-12-25-42)49(44)48-43-26-14-13-17-37(43)29-32-45(48)53(39-18-5-1-6-19-39)40-20-7-2-8-21-40/h1-14,17-26,28-34H,15-16,27,35,52H2. The molecule has 0 spiro atoms. The number of ether oxygens (including phenoxy) is 1. The van der Waals surface area contributed by atoms with Crippen molar-refractivity contribution in [2.75, 3.05) is 6.35 Å². The van der Waals surface area contributed by atoms with Gasteiger partial charge in [-0.3, -0.25) is 4.79 Å². The Morgan fingerprint density at radius 1 is 0.481 bits per heavy atom. The van der Waals surface area contributed by atoms with Gasteiger partial charge in [0, 0.05) is 6.42 Å². The first-order valence-electron chi connectivity index (χ1n) is 18.4. The highest BCUT2D eigenvalue weighted by molar-refractivity contribution is 7.80. The van der Waals surface area contributed by atoms with E-state index in [1.54, 1.807) is 0 Å². The zero-order valence-electron chi connectivity index (χ0n) is 30.0. The summed E-state index contributed by atoms with van der Waals surface area (Å²) in [6.45, 7) is 0. The number of rotatable bonds is 12. The van der Waals surface area contributed by atoms with Crippen molar-refractivity contribution in [3.8, 4) is 11.1 Å². The number of carbonyl (C=O) groups excluding carboxylic acids is 1. The Morgan fingerprint density at radius 3 is 1.43 bits per heavy atom. The van der Waals surface area contributed by atoms with E-state index in [1.165, 1.54) is 70.1 Å². The van der Waals surface area contributed by atoms with E-state index >= 15 is 0 Å². The van der Waals surface area contributed by atoms with Gasteiger partial charge >= 0.3 is 5.97 Å². The molecule has 0 fully saturated rings. The van der Waals surface area contributed by atoms with Crippen LogP contribution in [0.5, 0.6) is 0 Å². The van der Waals surface area contributed by atoms with Crippen molar-refractivity contribution in [3.05, 3.63) is 194 Å². The molecule has 0 bridgehead atoms. The number of carbonyl (C=O) groups is 1. The normalized spacial score (nSPS) is 11.4. The van der Waals surface area contributed by atoms with Crippen molar-refractivity contribution in [2.24, 2.45) is 0 Å². The maximum Gasteiger partial charge on any atom is 0.306 e. The molecule has 8 aromatic carbocycles. The minimum Gasteiger partial charge on any atom is -0.462 e. The van der Waals surface area contributed by atoms with Crippen LogP contribution in [0.3, 0.4) is 0 Å². The smallest absolute Gasteiger partial charge is 0.306 e. The number of benzene rings is 8. The third kappa shape index (κ3) is 7.67. The van der Waals surface area contributed by atoms with Crippen LogP contribution in [-0.2, 0) is 16.0 Å². The lowest BCUT2D eigenvalue weighted by Crippen LogP contribution is -2.26. The maximum atomic E-state index is 12.1. The van der Waals surface area contributed by atoms with Crippen LogP contribution in [0.4, 0.5) is 0 Å². The molecule has 1 atom stereocenters. The highest BCUT2D eigenvalue weighted by atomic mass is 31.1. The van der Waals surface area contributed by atoms with Gasteiger partial charge in [0.2, 0.25) is 0 Å². The largest absolute Gasteiger partial charge is 0.462 e. The van der Waals surface area contributed by atoms with Gasteiger partial charge in [-0.25, -0.2) is 0 Å². The second-order valence-electron chi connectivity index (χ2n) is 13.2. The van der Waals surface area contributed by atoms with E-state index in [9.17, 15) is 4.79 Å². The average Bonchev–Trinajstić information content (AvgIpc) is 3.23. The summed E-state index contributed by atoms with van der Waals surface area (Å²) in [5.41, 5.74) is 3.83. The fraction of sp³-hybridized carbons (Fsp3) is 0.0816. The van der Waals surface area contributed by atoms with Gasteiger partial charge in [-0.05, 0) is 98.7 Å². The molecule has 0 aliphatic carbocycles. The molecule has 0 N–H and O–H groups in total. The van der Waals surface area contributed by atoms with Crippen molar-refractivity contribution in [1.82, 2.24) is 0 Å². The molecule has 0 radical (unpaired) electrons. The van der Waals surface area contributed by atoms with E-state index in [0.29, 0.717) is 12.8 Å². The molecule has 0 amide bonds. The van der Waals surface area contributed by atoms with Gasteiger partial charge in [-0.1, -0.05) is 197 Å². The van der Waals surface area contributed by atoms with Crippen molar-refractivity contribution in [1.29, 1.82) is 0 Å². The van der Waals surface area contributed by atoms with Gasteiger partial charge < -0.3 is 4.74 Å². The van der Waals surface area contributed by atoms with Crippen molar-refractivity contribution < 1.29 is 9.53 Å². The predicted octanol–water partition coefficient (Wildman–Crippen LogP) is 9.87. The molecule has 0 saturated carbocycles. The second kappa shape index (κ2) is 17.0. The van der Waals surface area contributed by atoms with Crippen LogP contribution in [-0.4, -0.2) is 12.3 Å². The van der Waals surface area contributed by atoms with Crippen LogP contribution in [0.1, 0.15) is 18.4 Å². The first-order valence-corrected chi connectivity index (χ1v) is 21.9. The van der Waals surface area contributed by atoms with Crippen molar-refractivity contribution in [2.45, 2.75) is 19.3 Å². The van der Waals surface area contributed by atoms with E-state index in [4.69, 9.17) is 4.74 Å². The van der Waals surface area contributed by atoms with Gasteiger partial charge in [-0.2, -0.15) is 0 Å². The minimum absolute atomic E-state index is 0.148. The lowest BCUT2D eigenvalue weighted by atomic mass is 9.92. The van der Waals surface area contributed by atoms with Crippen LogP contribution >= 0.6 is 25.1 Å². The quantitative estimate of drug-likeness (QED) is 0.0918. The van der Waals surface area contributed by atoms with Crippen LogP contribution in [0, 0.1) is 0 Å². The van der Waals surface area contributed by atoms with Gasteiger partial charge in [0.05, 0.1) is 0 Å². The first-order chi connectivity index (χ1) is 26.7. The van der Waals surface area contributed by atoms with Crippen LogP contribution < -0.4 is 31.8 Å². The zero-order chi connectivity index (χ0) is 36.7. The average molecular weight is 755 g/mol. The highest BCUT2D eigenvalue weighted by Crippen LogP contribution is 2.45. The summed E-state index contributed by atoms with van der Waals surface area (Å²) >= 11 is 0. The third-order valence-corrected chi connectivity index (χ3v) is 15.0. The van der Waals surface area contributed by atoms with Crippen LogP contribution in [0.2, 0.25) is 0 Å². The Hall–Kier alpha value is -4.96. The summed E-state index contributed by atoms with van der Waals surface area (Å²) in [5.74, 6) is -0.148. The molecule has 5 heteroatoms. The van der Waals surface area contributed by atoms with Gasteiger partial charge in [0.25, 0.3) is 0 Å². The Balaban J connectivity index is 1.44. The minimum atomic E-state index is -0.933. The second-order valence-corrected chi connectivity index (χ2v) is 17.9. The number of hydrogen-bond donors (Lipinski definition) is 0. The summed E-state index contributed by atoms with van der Waals surface area (Å²) < 4.78 is 5.18. The molecule has 54 heavy (non-hydrogen) atoms. The third-order valence-electron chi connectivity index (χ3n) is 9.85. The van der Waals surface area contributed by atoms with Crippen LogP contribution in [0.25, 0.3) is 32.7 Å². The number of esters is 1. The Kier molecular flexibility index (Phi) is 11.4. The molecule has 8 aromatic rings. The molecule has 0 aromatic heterocycles. The summed E-state index contributed by atoms with van der Waals surface area (Å²) in [5, 5.41) is 12.9. The molecule has 8 rings (SSSR count). The van der Waals surface area contributed by atoms with Gasteiger partial charge in [0.1, 0.15) is 6.35 Å². The molecule has 2 nitrogen and oxygen atoms in total. The molecule has 1 unspecified atom stereocenters. The molecular weight excluding hydrogens is 713 g/mol. The van der Waals surface area contributed by atoms with E-state index in [1.807, 2.05) is 0 Å². The Labute approximate surface area is 323 Å². The highest BCUT2D eigenvalue weighted by Gasteiger charge is 2.28. The van der Waals surface area contributed by atoms with Crippen molar-refractivity contribution in [3.63, 3.8) is 0 Å². The fourth-order valence-corrected chi connectivity index (χ4v) is 12.6. The Morgan fingerprint density at radius 2 is 0.926 bits per heavy atom. The van der Waals surface area contributed by atoms with E-state index in [2.05, 4.69) is 197 Å². The van der Waals surface area contributed by atoms with Crippen LogP contribution in [0.15, 0.2) is 188 Å². The molecule has 0 heterocycles. The monoisotopic (exact) mass is 754 g/mol. The molecule has 0 aliphatic rings. The number of aryl methyl sites for hydroxylation is 1. The SMILES string of the molecule is O=C(CCCc1ccc2c(-c3c(P(c4ccccc4)c4ccccc4)ccc4ccccc34)c(P(c3ccccc3)c3ccccc3)ccc2c1)OCP. The fourth-order valence-electron chi connectivity index (χ4n) is 7.45. The van der Waals surface area contributed by atoms with Gasteiger partial charge in [0.15, 0.2) is 0 Å². The lowest BCUT2D eigenvalue weighted by Gasteiger charge is -2.28. The summed E-state index contributed by atoms with van der Waals surface area (Å²) in [4.78, 5) is 12.1. The van der Waals surface area contributed by atoms with E-state index in [-0.39, 0.29) is 5.97 Å². The summed E-state index contributed by atoms with van der Waals surface area (Å²) in [6.07, 6.45) is 2.31. The molecule has 0 saturated heterocycles. The van der Waals surface area contributed by atoms with E-state index in [0.717, 1.165) is 12.8 Å². The maximum absolute atomic E-state index is 12.1. The number of hydrogen-bond acceptors (Lipinski definition) is 2. The van der Waals surface area contributed by atoms with Crippen molar-refractivity contribution >= 4 is 84.4 Å². The predicted molar refractivity (Wildman–Crippen MR) is 238 cm³/mol. The van der Waals surface area contributed by atoms with E-state index < -0.39 is 15.8 Å². The molecular formula is C49H41O2P3. The number of fused-ring (bicyclic) bond motifs is 2.